The van der Waals surface area contributed by atoms with Gasteiger partial charge in [0.15, 0.2) is 10.6 Å². The minimum atomic E-state index is 0.593. The minimum absolute atomic E-state index is 0.593. The summed E-state index contributed by atoms with van der Waals surface area (Å²) in [7, 11) is 1.60. The maximum Gasteiger partial charge on any atom is 0.213 e. The molecule has 0 aliphatic heterocycles. The van der Waals surface area contributed by atoms with Gasteiger partial charge in [-0.15, -0.1) is 11.3 Å². The van der Waals surface area contributed by atoms with Crippen molar-refractivity contribution in [3.63, 3.8) is 0 Å². The molecule has 0 atom stereocenters. The summed E-state index contributed by atoms with van der Waals surface area (Å²) in [5.41, 5.74) is 1.06. The molecule has 0 fully saturated rings. The molecule has 0 unspecified atom stereocenters. The second-order valence-corrected chi connectivity index (χ2v) is 5.46. The van der Waals surface area contributed by atoms with E-state index in [-0.39, 0.29) is 0 Å². The molecule has 0 radical (unpaired) electrons. The third kappa shape index (κ3) is 2.50. The molecule has 5 nitrogen and oxygen atoms in total. The van der Waals surface area contributed by atoms with Crippen LogP contribution in [0.2, 0.25) is 0 Å². The fourth-order valence-corrected chi connectivity index (χ4v) is 2.82. The summed E-state index contributed by atoms with van der Waals surface area (Å²) >= 11 is 6.94. The summed E-state index contributed by atoms with van der Waals surface area (Å²) in [5.74, 6) is 1.44. The second-order valence-electron chi connectivity index (χ2n) is 4.12. The van der Waals surface area contributed by atoms with Gasteiger partial charge < -0.3 is 4.74 Å². The Hall–Kier alpha value is -1.99. The van der Waals surface area contributed by atoms with E-state index in [0.717, 1.165) is 16.3 Å². The van der Waals surface area contributed by atoms with E-state index in [2.05, 4.69) is 15.2 Å². The van der Waals surface area contributed by atoms with Gasteiger partial charge in [-0.25, -0.2) is 4.98 Å². The molecule has 0 saturated carbocycles. The Morgan fingerprint density at radius 2 is 2.35 bits per heavy atom. The van der Waals surface area contributed by atoms with Gasteiger partial charge in [0.2, 0.25) is 5.88 Å². The van der Waals surface area contributed by atoms with E-state index < -0.39 is 0 Å². The minimum Gasteiger partial charge on any atom is -0.481 e. The van der Waals surface area contributed by atoms with Gasteiger partial charge in [0.05, 0.1) is 18.5 Å². The third-order valence-electron chi connectivity index (χ3n) is 2.85. The first kappa shape index (κ1) is 13.0. The van der Waals surface area contributed by atoms with Crippen LogP contribution in [0.25, 0.3) is 10.7 Å². The van der Waals surface area contributed by atoms with Gasteiger partial charge in [-0.2, -0.15) is 5.10 Å². The number of hydrogen-bond acceptors (Lipinski definition) is 5. The molecular formula is C13H12N4OS2. The topological polar surface area (TPSA) is 55.7 Å². The Bertz CT molecular complexity index is 761. The van der Waals surface area contributed by atoms with Crippen LogP contribution in [-0.4, -0.2) is 26.9 Å². The van der Waals surface area contributed by atoms with E-state index >= 15 is 0 Å². The number of pyridine rings is 1. The quantitative estimate of drug-likeness (QED) is 0.752. The lowest BCUT2D eigenvalue weighted by atomic mass is 10.2. The van der Waals surface area contributed by atoms with Crippen molar-refractivity contribution in [1.29, 1.82) is 0 Å². The summed E-state index contributed by atoms with van der Waals surface area (Å²) in [4.78, 5) is 5.18. The molecule has 0 spiro atoms. The monoisotopic (exact) mass is 304 g/mol. The Morgan fingerprint density at radius 3 is 3.10 bits per heavy atom. The summed E-state index contributed by atoms with van der Waals surface area (Å²) in [6.45, 7) is 0.626. The Morgan fingerprint density at radius 1 is 1.45 bits per heavy atom. The van der Waals surface area contributed by atoms with Crippen LogP contribution in [0.3, 0.4) is 0 Å². The van der Waals surface area contributed by atoms with Crippen LogP contribution in [0.15, 0.2) is 35.8 Å². The van der Waals surface area contributed by atoms with Gasteiger partial charge in [0.1, 0.15) is 0 Å². The number of nitrogens with one attached hydrogen (secondary N) is 1. The van der Waals surface area contributed by atoms with E-state index in [1.165, 1.54) is 0 Å². The SMILES string of the molecule is COc1cc(Cn2c(-c3cccs3)n[nH]c2=S)ccn1. The average Bonchev–Trinajstić information content (AvgIpc) is 3.10. The lowest BCUT2D eigenvalue weighted by molar-refractivity contribution is 0.397. The van der Waals surface area contributed by atoms with Crippen LogP contribution in [0, 0.1) is 4.77 Å². The number of ether oxygens (including phenoxy) is 1. The molecule has 0 aromatic carbocycles. The van der Waals surface area contributed by atoms with Crippen molar-refractivity contribution in [2.75, 3.05) is 7.11 Å². The lowest BCUT2D eigenvalue weighted by Gasteiger charge is -2.07. The van der Waals surface area contributed by atoms with Crippen molar-refractivity contribution in [3.8, 4) is 16.6 Å². The number of hydrogen-bond donors (Lipinski definition) is 1. The molecule has 1 N–H and O–H groups in total. The Kier molecular flexibility index (Phi) is 3.62. The van der Waals surface area contributed by atoms with Gasteiger partial charge in [-0.05, 0) is 35.3 Å². The number of rotatable bonds is 4. The number of aromatic nitrogens is 4. The van der Waals surface area contributed by atoms with E-state index in [1.807, 2.05) is 34.2 Å². The molecule has 0 aliphatic carbocycles. The van der Waals surface area contributed by atoms with Crippen molar-refractivity contribution in [2.45, 2.75) is 6.54 Å². The summed E-state index contributed by atoms with van der Waals surface area (Å²) in [5, 5.41) is 9.18. The van der Waals surface area contributed by atoms with Gasteiger partial charge >= 0.3 is 0 Å². The Labute approximate surface area is 124 Å². The first-order valence-corrected chi connectivity index (χ1v) is 7.24. The third-order valence-corrected chi connectivity index (χ3v) is 4.03. The number of nitrogens with zero attached hydrogens (tertiary/aromatic N) is 3. The van der Waals surface area contributed by atoms with Gasteiger partial charge in [0.25, 0.3) is 0 Å². The first-order chi connectivity index (χ1) is 9.78. The van der Waals surface area contributed by atoms with Crippen molar-refractivity contribution >= 4 is 23.6 Å². The highest BCUT2D eigenvalue weighted by Gasteiger charge is 2.10. The van der Waals surface area contributed by atoms with Crippen LogP contribution in [0.5, 0.6) is 5.88 Å². The maximum atomic E-state index is 5.31. The average molecular weight is 304 g/mol. The van der Waals surface area contributed by atoms with E-state index in [0.29, 0.717) is 17.2 Å². The number of thiophene rings is 1. The summed E-state index contributed by atoms with van der Waals surface area (Å²) in [6, 6.07) is 7.86. The number of methoxy groups -OCH3 is 1. The molecule has 7 heteroatoms. The van der Waals surface area contributed by atoms with Crippen LogP contribution < -0.4 is 4.74 Å². The standard InChI is InChI=1S/C13H12N4OS2/c1-18-11-7-9(4-5-14-11)8-17-12(15-16-13(17)19)10-3-2-6-20-10/h2-7H,8H2,1H3,(H,16,19). The molecule has 3 aromatic heterocycles. The summed E-state index contributed by atoms with van der Waals surface area (Å²) in [6.07, 6.45) is 1.72. The predicted molar refractivity (Wildman–Crippen MR) is 80.6 cm³/mol. The highest BCUT2D eigenvalue weighted by Crippen LogP contribution is 2.23. The van der Waals surface area contributed by atoms with Crippen LogP contribution in [0.4, 0.5) is 0 Å². The van der Waals surface area contributed by atoms with E-state index in [1.54, 1.807) is 24.6 Å². The van der Waals surface area contributed by atoms with Crippen molar-refractivity contribution < 1.29 is 4.74 Å². The first-order valence-electron chi connectivity index (χ1n) is 5.96. The molecule has 3 rings (SSSR count). The highest BCUT2D eigenvalue weighted by atomic mass is 32.1. The van der Waals surface area contributed by atoms with Crippen molar-refractivity contribution in [1.82, 2.24) is 19.7 Å². The number of aromatic amines is 1. The van der Waals surface area contributed by atoms with Crippen molar-refractivity contribution in [2.24, 2.45) is 0 Å². The maximum absolute atomic E-state index is 5.31. The predicted octanol–water partition coefficient (Wildman–Crippen LogP) is 3.12. The highest BCUT2D eigenvalue weighted by molar-refractivity contribution is 7.71. The molecule has 0 bridgehead atoms. The largest absolute Gasteiger partial charge is 0.481 e. The second kappa shape index (κ2) is 5.56. The van der Waals surface area contributed by atoms with Gasteiger partial charge in [-0.3, -0.25) is 9.67 Å². The van der Waals surface area contributed by atoms with Crippen LogP contribution >= 0.6 is 23.6 Å². The van der Waals surface area contributed by atoms with Crippen LogP contribution in [0.1, 0.15) is 5.56 Å². The molecule has 0 saturated heterocycles. The molecule has 3 heterocycles. The molecule has 0 amide bonds. The fourth-order valence-electron chi connectivity index (χ4n) is 1.90. The molecule has 102 valence electrons. The summed E-state index contributed by atoms with van der Waals surface area (Å²) < 4.78 is 7.71. The molecule has 3 aromatic rings. The fraction of sp³-hybridized carbons (Fsp3) is 0.154. The van der Waals surface area contributed by atoms with Gasteiger partial charge in [-0.1, -0.05) is 6.07 Å². The zero-order valence-corrected chi connectivity index (χ0v) is 12.4. The van der Waals surface area contributed by atoms with E-state index in [9.17, 15) is 0 Å². The molecule has 20 heavy (non-hydrogen) atoms. The molecular weight excluding hydrogens is 292 g/mol. The van der Waals surface area contributed by atoms with Crippen LogP contribution in [-0.2, 0) is 6.54 Å². The zero-order valence-electron chi connectivity index (χ0n) is 10.7. The smallest absolute Gasteiger partial charge is 0.213 e. The zero-order chi connectivity index (χ0) is 13.9. The Balaban J connectivity index is 1.98. The number of H-pyrrole nitrogens is 1. The van der Waals surface area contributed by atoms with Gasteiger partial charge in [0, 0.05) is 12.3 Å². The lowest BCUT2D eigenvalue weighted by Crippen LogP contribution is -2.02. The van der Waals surface area contributed by atoms with Crippen molar-refractivity contribution in [3.05, 3.63) is 46.2 Å². The molecule has 0 aliphatic rings. The normalized spacial score (nSPS) is 10.7. The van der Waals surface area contributed by atoms with E-state index in [4.69, 9.17) is 17.0 Å².